The Bertz CT molecular complexity index is 159. The quantitative estimate of drug-likeness (QED) is 0.547. The smallest absolute Gasteiger partial charge is 0.157 e. The molecule has 0 radical (unpaired) electrons. The van der Waals surface area contributed by atoms with Gasteiger partial charge in [-0.1, -0.05) is 0 Å². The molecule has 1 saturated heterocycles. The fourth-order valence-corrected chi connectivity index (χ4v) is 1.35. The van der Waals surface area contributed by atoms with Gasteiger partial charge >= 0.3 is 0 Å². The number of aliphatic hydroxyl groups is 2. The lowest BCUT2D eigenvalue weighted by Crippen LogP contribution is -2.45. The Morgan fingerprint density at radius 1 is 1.57 bits per heavy atom. The molecule has 1 aliphatic heterocycles. The molecule has 14 heavy (non-hydrogen) atoms. The zero-order chi connectivity index (χ0) is 10.6. The van der Waals surface area contributed by atoms with E-state index in [-0.39, 0.29) is 12.9 Å². The molecular formula is C9H19NO4. The number of nitrogens with two attached hydrogens (primary N) is 1. The molecular weight excluding hydrogens is 186 g/mol. The Morgan fingerprint density at radius 2 is 2.29 bits per heavy atom. The van der Waals surface area contributed by atoms with Gasteiger partial charge in [-0.05, 0) is 13.3 Å². The van der Waals surface area contributed by atoms with Crippen molar-refractivity contribution in [1.29, 1.82) is 0 Å². The van der Waals surface area contributed by atoms with Crippen molar-refractivity contribution in [3.63, 3.8) is 0 Å². The third-order valence-electron chi connectivity index (χ3n) is 2.30. The average molecular weight is 205 g/mol. The van der Waals surface area contributed by atoms with E-state index in [0.29, 0.717) is 0 Å². The van der Waals surface area contributed by atoms with Gasteiger partial charge in [-0.25, -0.2) is 0 Å². The molecule has 5 heteroatoms. The average Bonchev–Trinajstić information content (AvgIpc) is 2.65. The number of rotatable bonds is 5. The van der Waals surface area contributed by atoms with Gasteiger partial charge in [0.05, 0.1) is 24.9 Å². The van der Waals surface area contributed by atoms with Crippen LogP contribution in [0, 0.1) is 0 Å². The lowest BCUT2D eigenvalue weighted by Gasteiger charge is -2.22. The van der Waals surface area contributed by atoms with Gasteiger partial charge in [0.25, 0.3) is 0 Å². The number of ether oxygens (including phenoxy) is 2. The predicted molar refractivity (Wildman–Crippen MR) is 50.6 cm³/mol. The first-order chi connectivity index (χ1) is 6.61. The van der Waals surface area contributed by atoms with E-state index in [0.717, 1.165) is 19.4 Å². The van der Waals surface area contributed by atoms with Gasteiger partial charge in [-0.15, -0.1) is 0 Å². The van der Waals surface area contributed by atoms with Crippen molar-refractivity contribution in [3.8, 4) is 0 Å². The molecule has 0 aliphatic carbocycles. The molecule has 4 unspecified atom stereocenters. The Labute approximate surface area is 83.8 Å². The van der Waals surface area contributed by atoms with Crippen LogP contribution >= 0.6 is 0 Å². The highest BCUT2D eigenvalue weighted by Crippen LogP contribution is 2.13. The van der Waals surface area contributed by atoms with Gasteiger partial charge in [-0.2, -0.15) is 0 Å². The highest BCUT2D eigenvalue weighted by Gasteiger charge is 2.23. The first kappa shape index (κ1) is 11.9. The van der Waals surface area contributed by atoms with Crippen molar-refractivity contribution < 1.29 is 19.7 Å². The van der Waals surface area contributed by atoms with Crippen LogP contribution in [-0.4, -0.2) is 48.0 Å². The Morgan fingerprint density at radius 3 is 2.79 bits per heavy atom. The highest BCUT2D eigenvalue weighted by molar-refractivity contribution is 4.75. The normalized spacial score (nSPS) is 28.7. The van der Waals surface area contributed by atoms with Crippen LogP contribution in [0.1, 0.15) is 19.8 Å². The molecule has 4 N–H and O–H groups in total. The Hall–Kier alpha value is -0.200. The summed E-state index contributed by atoms with van der Waals surface area (Å²) in [5.41, 5.74) is 5.61. The van der Waals surface area contributed by atoms with E-state index in [2.05, 4.69) is 0 Å². The maximum atomic E-state index is 9.37. The van der Waals surface area contributed by atoms with Gasteiger partial charge in [0.1, 0.15) is 0 Å². The standard InChI is InChI=1S/C9H19NO4/c1-6(11)9(12)7(10)5-14-8-3-2-4-13-8/h6-9,11-12H,2-5,10H2,1H3. The van der Waals surface area contributed by atoms with E-state index in [1.165, 1.54) is 6.92 Å². The zero-order valence-corrected chi connectivity index (χ0v) is 8.43. The van der Waals surface area contributed by atoms with Crippen molar-refractivity contribution in [3.05, 3.63) is 0 Å². The lowest BCUT2D eigenvalue weighted by molar-refractivity contribution is -0.124. The van der Waals surface area contributed by atoms with E-state index in [1.54, 1.807) is 0 Å². The minimum absolute atomic E-state index is 0.192. The molecule has 5 nitrogen and oxygen atoms in total. The van der Waals surface area contributed by atoms with Gasteiger partial charge < -0.3 is 25.4 Å². The predicted octanol–water partition coefficient (Wildman–Crippen LogP) is -0.792. The lowest BCUT2D eigenvalue weighted by atomic mass is 10.1. The maximum Gasteiger partial charge on any atom is 0.157 e. The molecule has 1 aliphatic rings. The second-order valence-corrected chi connectivity index (χ2v) is 3.67. The molecule has 0 aromatic rings. The van der Waals surface area contributed by atoms with E-state index in [9.17, 15) is 5.11 Å². The molecule has 0 aromatic heterocycles. The molecule has 0 spiro atoms. The highest BCUT2D eigenvalue weighted by atomic mass is 16.7. The molecule has 4 atom stereocenters. The summed E-state index contributed by atoms with van der Waals surface area (Å²) in [5.74, 6) is 0. The van der Waals surface area contributed by atoms with Gasteiger partial charge in [0, 0.05) is 13.0 Å². The van der Waals surface area contributed by atoms with Crippen LogP contribution in [0.4, 0.5) is 0 Å². The van der Waals surface area contributed by atoms with Crippen molar-refractivity contribution in [2.24, 2.45) is 5.73 Å². The van der Waals surface area contributed by atoms with Crippen molar-refractivity contribution in [1.82, 2.24) is 0 Å². The van der Waals surface area contributed by atoms with Gasteiger partial charge in [0.2, 0.25) is 0 Å². The summed E-state index contributed by atoms with van der Waals surface area (Å²) < 4.78 is 10.5. The summed E-state index contributed by atoms with van der Waals surface area (Å²) in [6.07, 6.45) is -0.104. The minimum Gasteiger partial charge on any atom is -0.391 e. The van der Waals surface area contributed by atoms with Crippen molar-refractivity contribution in [2.75, 3.05) is 13.2 Å². The largest absolute Gasteiger partial charge is 0.391 e. The Kier molecular flexibility index (Phi) is 4.77. The van der Waals surface area contributed by atoms with Crippen molar-refractivity contribution in [2.45, 2.75) is 44.3 Å². The fourth-order valence-electron chi connectivity index (χ4n) is 1.35. The van der Waals surface area contributed by atoms with Crippen LogP contribution in [0.5, 0.6) is 0 Å². The molecule has 1 rings (SSSR count). The van der Waals surface area contributed by atoms with E-state index in [4.69, 9.17) is 20.3 Å². The summed E-state index contributed by atoms with van der Waals surface area (Å²) in [5, 5.41) is 18.4. The number of hydrogen-bond acceptors (Lipinski definition) is 5. The second-order valence-electron chi connectivity index (χ2n) is 3.67. The Balaban J connectivity index is 2.16. The van der Waals surface area contributed by atoms with E-state index >= 15 is 0 Å². The minimum atomic E-state index is -0.948. The van der Waals surface area contributed by atoms with Gasteiger partial charge in [0.15, 0.2) is 6.29 Å². The van der Waals surface area contributed by atoms with Crippen molar-refractivity contribution >= 4 is 0 Å². The first-order valence-corrected chi connectivity index (χ1v) is 4.96. The number of hydrogen-bond donors (Lipinski definition) is 3. The second kappa shape index (κ2) is 5.63. The summed E-state index contributed by atoms with van der Waals surface area (Å²) in [7, 11) is 0. The summed E-state index contributed by atoms with van der Waals surface area (Å²) in [6, 6.07) is -0.570. The van der Waals surface area contributed by atoms with Crippen LogP contribution in [0.3, 0.4) is 0 Å². The molecule has 0 bridgehead atoms. The summed E-state index contributed by atoms with van der Waals surface area (Å²) in [4.78, 5) is 0. The molecule has 1 heterocycles. The molecule has 0 amide bonds. The summed E-state index contributed by atoms with van der Waals surface area (Å²) in [6.45, 7) is 2.42. The van der Waals surface area contributed by atoms with Crippen LogP contribution in [0.2, 0.25) is 0 Å². The van der Waals surface area contributed by atoms with Crippen LogP contribution < -0.4 is 5.73 Å². The monoisotopic (exact) mass is 205 g/mol. The maximum absolute atomic E-state index is 9.37. The van der Waals surface area contributed by atoms with E-state index < -0.39 is 18.2 Å². The topological polar surface area (TPSA) is 84.9 Å². The van der Waals surface area contributed by atoms with E-state index in [1.807, 2.05) is 0 Å². The zero-order valence-electron chi connectivity index (χ0n) is 8.43. The summed E-state index contributed by atoms with van der Waals surface area (Å²) >= 11 is 0. The SMILES string of the molecule is CC(O)C(O)C(N)COC1CCCO1. The third kappa shape index (κ3) is 3.51. The molecule has 1 fully saturated rings. The van der Waals surface area contributed by atoms with Crippen LogP contribution in [0.25, 0.3) is 0 Å². The van der Waals surface area contributed by atoms with Crippen LogP contribution in [0.15, 0.2) is 0 Å². The first-order valence-electron chi connectivity index (χ1n) is 4.96. The number of aliphatic hydroxyl groups excluding tert-OH is 2. The molecule has 84 valence electrons. The van der Waals surface area contributed by atoms with Gasteiger partial charge in [-0.3, -0.25) is 0 Å². The fraction of sp³-hybridized carbons (Fsp3) is 1.00. The van der Waals surface area contributed by atoms with Crippen LogP contribution in [-0.2, 0) is 9.47 Å². The third-order valence-corrected chi connectivity index (χ3v) is 2.30. The molecule has 0 aromatic carbocycles. The molecule has 0 saturated carbocycles.